The van der Waals surface area contributed by atoms with Crippen molar-refractivity contribution in [1.29, 1.82) is 0 Å². The number of rotatable bonds is 5. The lowest BCUT2D eigenvalue weighted by atomic mass is 10.0. The second kappa shape index (κ2) is 8.32. The van der Waals surface area contributed by atoms with Crippen LogP contribution < -0.4 is 9.62 Å². The number of amides is 1. The Morgan fingerprint density at radius 3 is 2.03 bits per heavy atom. The second-order valence-electron chi connectivity index (χ2n) is 7.51. The van der Waals surface area contributed by atoms with Crippen LogP contribution in [0.3, 0.4) is 0 Å². The van der Waals surface area contributed by atoms with Gasteiger partial charge in [-0.15, -0.1) is 0 Å². The second-order valence-corrected chi connectivity index (χ2v) is 9.48. The van der Waals surface area contributed by atoms with E-state index in [1.54, 1.807) is 48.5 Å². The molecule has 1 amide bonds. The average molecular weight is 423 g/mol. The molecule has 3 aromatic carbocycles. The summed E-state index contributed by atoms with van der Waals surface area (Å²) >= 11 is 0. The van der Waals surface area contributed by atoms with Crippen LogP contribution in [0, 0.1) is 27.7 Å². The molecule has 0 saturated heterocycles. The lowest BCUT2D eigenvalue weighted by molar-refractivity contribution is 0.102. The van der Waals surface area contributed by atoms with Crippen LogP contribution in [-0.2, 0) is 10.0 Å². The van der Waals surface area contributed by atoms with E-state index in [1.165, 1.54) is 11.4 Å². The highest BCUT2D eigenvalue weighted by Crippen LogP contribution is 2.28. The normalized spacial score (nSPS) is 11.2. The summed E-state index contributed by atoms with van der Waals surface area (Å²) in [6, 6.07) is 17.4. The summed E-state index contributed by atoms with van der Waals surface area (Å²) in [5.74, 6) is -0.281. The van der Waals surface area contributed by atoms with Gasteiger partial charge in [-0.3, -0.25) is 9.10 Å². The van der Waals surface area contributed by atoms with Gasteiger partial charge in [-0.1, -0.05) is 42.0 Å². The first-order valence-electron chi connectivity index (χ1n) is 9.65. The first kappa shape index (κ1) is 21.6. The molecule has 0 aliphatic rings. The van der Waals surface area contributed by atoms with E-state index in [1.807, 2.05) is 39.8 Å². The van der Waals surface area contributed by atoms with Crippen LogP contribution >= 0.6 is 0 Å². The predicted octanol–water partition coefficient (Wildman–Crippen LogP) is 5.00. The molecule has 3 aromatic rings. The summed E-state index contributed by atoms with van der Waals surface area (Å²) in [6.07, 6.45) is 0. The predicted molar refractivity (Wildman–Crippen MR) is 122 cm³/mol. The summed E-state index contributed by atoms with van der Waals surface area (Å²) < 4.78 is 27.2. The molecule has 0 saturated carbocycles. The van der Waals surface area contributed by atoms with Crippen LogP contribution in [0.5, 0.6) is 0 Å². The molecule has 5 nitrogen and oxygen atoms in total. The Hall–Kier alpha value is -3.12. The van der Waals surface area contributed by atoms with Gasteiger partial charge in [-0.2, -0.15) is 0 Å². The smallest absolute Gasteiger partial charge is 0.264 e. The zero-order valence-corrected chi connectivity index (χ0v) is 18.7. The Bertz CT molecular complexity index is 1180. The zero-order valence-electron chi connectivity index (χ0n) is 17.9. The first-order valence-corrected chi connectivity index (χ1v) is 11.1. The molecule has 0 aliphatic heterocycles. The van der Waals surface area contributed by atoms with Crippen molar-refractivity contribution in [3.8, 4) is 0 Å². The molecule has 0 bridgehead atoms. The van der Waals surface area contributed by atoms with Gasteiger partial charge in [0.15, 0.2) is 0 Å². The van der Waals surface area contributed by atoms with Crippen molar-refractivity contribution in [3.05, 3.63) is 88.5 Å². The number of benzene rings is 3. The molecule has 0 fully saturated rings. The van der Waals surface area contributed by atoms with Gasteiger partial charge in [-0.05, 0) is 68.7 Å². The molecule has 0 spiro atoms. The topological polar surface area (TPSA) is 66.5 Å². The molecule has 0 aliphatic carbocycles. The van der Waals surface area contributed by atoms with E-state index in [4.69, 9.17) is 0 Å². The molecule has 3 rings (SSSR count). The van der Waals surface area contributed by atoms with Crippen molar-refractivity contribution in [2.45, 2.75) is 32.6 Å². The molecule has 156 valence electrons. The van der Waals surface area contributed by atoms with Crippen LogP contribution in [0.15, 0.2) is 65.6 Å². The molecular formula is C24H26N2O3S. The highest BCUT2D eigenvalue weighted by molar-refractivity contribution is 7.92. The third-order valence-electron chi connectivity index (χ3n) is 5.13. The minimum absolute atomic E-state index is 0.202. The standard InChI is InChI=1S/C24H26N2O3S/c1-16-13-18(3)23(19(4)14-16)25-24(27)20-12-11-17(2)22(15-20)26(5)30(28,29)21-9-7-6-8-10-21/h6-15H,1-5H3,(H,25,27). The van der Waals surface area contributed by atoms with E-state index in [-0.39, 0.29) is 10.8 Å². The van der Waals surface area contributed by atoms with Crippen LogP contribution in [-0.4, -0.2) is 21.4 Å². The molecule has 1 N–H and O–H groups in total. The molecule has 0 atom stereocenters. The Labute approximate surface area is 178 Å². The summed E-state index contributed by atoms with van der Waals surface area (Å²) in [4.78, 5) is 13.1. The summed E-state index contributed by atoms with van der Waals surface area (Å²) in [5.41, 5.74) is 5.49. The van der Waals surface area contributed by atoms with Gasteiger partial charge in [0.05, 0.1) is 10.6 Å². The number of carbonyl (C=O) groups is 1. The number of carbonyl (C=O) groups excluding carboxylic acids is 1. The quantitative estimate of drug-likeness (QED) is 0.629. The fourth-order valence-corrected chi connectivity index (χ4v) is 4.81. The number of nitrogens with zero attached hydrogens (tertiary/aromatic N) is 1. The van der Waals surface area contributed by atoms with Crippen molar-refractivity contribution in [3.63, 3.8) is 0 Å². The van der Waals surface area contributed by atoms with Gasteiger partial charge >= 0.3 is 0 Å². The fourth-order valence-electron chi connectivity index (χ4n) is 3.53. The maximum atomic E-state index is 13.0. The Kier molecular flexibility index (Phi) is 5.99. The molecule has 0 radical (unpaired) electrons. The number of aryl methyl sites for hydroxylation is 4. The van der Waals surface area contributed by atoms with Crippen molar-refractivity contribution >= 4 is 27.3 Å². The number of sulfonamides is 1. The summed E-state index contributed by atoms with van der Waals surface area (Å²) in [7, 11) is -2.23. The van der Waals surface area contributed by atoms with E-state index >= 15 is 0 Å². The molecule has 6 heteroatoms. The van der Waals surface area contributed by atoms with E-state index in [0.717, 1.165) is 27.9 Å². The van der Waals surface area contributed by atoms with Crippen molar-refractivity contribution < 1.29 is 13.2 Å². The van der Waals surface area contributed by atoms with Crippen LogP contribution in [0.2, 0.25) is 0 Å². The molecule has 0 heterocycles. The SMILES string of the molecule is Cc1cc(C)c(NC(=O)c2ccc(C)c(N(C)S(=O)(=O)c3ccccc3)c2)c(C)c1. The van der Waals surface area contributed by atoms with Crippen molar-refractivity contribution in [1.82, 2.24) is 0 Å². The Balaban J connectivity index is 1.95. The van der Waals surface area contributed by atoms with Crippen LogP contribution in [0.1, 0.15) is 32.6 Å². The summed E-state index contributed by atoms with van der Waals surface area (Å²) in [6.45, 7) is 7.75. The van der Waals surface area contributed by atoms with Crippen molar-refractivity contribution in [2.24, 2.45) is 0 Å². The lowest BCUT2D eigenvalue weighted by Crippen LogP contribution is -2.27. The highest BCUT2D eigenvalue weighted by atomic mass is 32.2. The minimum Gasteiger partial charge on any atom is -0.322 e. The third-order valence-corrected chi connectivity index (χ3v) is 6.91. The number of hydrogen-bond acceptors (Lipinski definition) is 3. The highest BCUT2D eigenvalue weighted by Gasteiger charge is 2.23. The van der Waals surface area contributed by atoms with Gasteiger partial charge in [0.25, 0.3) is 15.9 Å². The van der Waals surface area contributed by atoms with E-state index in [0.29, 0.717) is 11.3 Å². The van der Waals surface area contributed by atoms with Gasteiger partial charge in [0.2, 0.25) is 0 Å². The number of anilines is 2. The molecule has 30 heavy (non-hydrogen) atoms. The fraction of sp³-hybridized carbons (Fsp3) is 0.208. The van der Waals surface area contributed by atoms with Crippen LogP contribution in [0.25, 0.3) is 0 Å². The largest absolute Gasteiger partial charge is 0.322 e. The Morgan fingerprint density at radius 1 is 0.833 bits per heavy atom. The van der Waals surface area contributed by atoms with Crippen LogP contribution in [0.4, 0.5) is 11.4 Å². The van der Waals surface area contributed by atoms with Gasteiger partial charge in [-0.25, -0.2) is 8.42 Å². The van der Waals surface area contributed by atoms with Gasteiger partial charge < -0.3 is 5.32 Å². The monoisotopic (exact) mass is 422 g/mol. The maximum Gasteiger partial charge on any atom is 0.264 e. The lowest BCUT2D eigenvalue weighted by Gasteiger charge is -2.22. The van der Waals surface area contributed by atoms with E-state index in [2.05, 4.69) is 5.32 Å². The number of hydrogen-bond donors (Lipinski definition) is 1. The molecular weight excluding hydrogens is 396 g/mol. The minimum atomic E-state index is -3.73. The third kappa shape index (κ3) is 4.24. The van der Waals surface area contributed by atoms with E-state index in [9.17, 15) is 13.2 Å². The summed E-state index contributed by atoms with van der Waals surface area (Å²) in [5, 5.41) is 2.97. The van der Waals surface area contributed by atoms with E-state index < -0.39 is 10.0 Å². The Morgan fingerprint density at radius 2 is 1.43 bits per heavy atom. The molecule has 0 aromatic heterocycles. The maximum absolute atomic E-state index is 13.0. The average Bonchev–Trinajstić information content (AvgIpc) is 2.71. The molecule has 0 unspecified atom stereocenters. The van der Waals surface area contributed by atoms with Crippen molar-refractivity contribution in [2.75, 3.05) is 16.7 Å². The first-order chi connectivity index (χ1) is 14.1. The van der Waals surface area contributed by atoms with Gasteiger partial charge in [0.1, 0.15) is 0 Å². The number of nitrogens with one attached hydrogen (secondary N) is 1. The van der Waals surface area contributed by atoms with Gasteiger partial charge in [0, 0.05) is 18.3 Å². The zero-order chi connectivity index (χ0) is 22.1.